The van der Waals surface area contributed by atoms with E-state index in [1.54, 1.807) is 0 Å². The first-order chi connectivity index (χ1) is 6.94. The number of fused-ring (bicyclic) bond motifs is 2. The molecule has 1 heteroatoms. The van der Waals surface area contributed by atoms with Gasteiger partial charge in [-0.05, 0) is 62.7 Å². The number of hydrogen-bond donors (Lipinski definition) is 0. The maximum absolute atomic E-state index is 5.57. The molecule has 2 bridgehead atoms. The SMILES string of the molecule is COC(C)(C)CC1CC2CC1C(C)C2C. The zero-order valence-corrected chi connectivity index (χ0v) is 10.9. The Bertz CT molecular complexity index is 231. The van der Waals surface area contributed by atoms with Crippen LogP contribution in [-0.4, -0.2) is 12.7 Å². The molecule has 5 atom stereocenters. The van der Waals surface area contributed by atoms with Gasteiger partial charge >= 0.3 is 0 Å². The zero-order chi connectivity index (χ0) is 11.2. The van der Waals surface area contributed by atoms with Crippen LogP contribution in [0.1, 0.15) is 47.0 Å². The molecule has 88 valence electrons. The lowest BCUT2D eigenvalue weighted by atomic mass is 9.72. The minimum atomic E-state index is 0.0815. The van der Waals surface area contributed by atoms with E-state index in [0.29, 0.717) is 0 Å². The molecule has 2 saturated carbocycles. The molecule has 0 aromatic carbocycles. The molecular weight excluding hydrogens is 184 g/mol. The highest BCUT2D eigenvalue weighted by atomic mass is 16.5. The Labute approximate surface area is 94.6 Å². The average molecular weight is 210 g/mol. The number of rotatable bonds is 3. The molecule has 0 amide bonds. The molecule has 0 heterocycles. The van der Waals surface area contributed by atoms with Crippen LogP contribution in [0.4, 0.5) is 0 Å². The molecule has 0 saturated heterocycles. The third kappa shape index (κ3) is 1.95. The van der Waals surface area contributed by atoms with Crippen molar-refractivity contribution in [3.63, 3.8) is 0 Å². The van der Waals surface area contributed by atoms with Crippen molar-refractivity contribution in [3.05, 3.63) is 0 Å². The lowest BCUT2D eigenvalue weighted by Crippen LogP contribution is -2.32. The van der Waals surface area contributed by atoms with Crippen molar-refractivity contribution in [3.8, 4) is 0 Å². The smallest absolute Gasteiger partial charge is 0.0625 e. The minimum Gasteiger partial charge on any atom is -0.379 e. The molecule has 0 N–H and O–H groups in total. The van der Waals surface area contributed by atoms with Crippen LogP contribution in [0.15, 0.2) is 0 Å². The minimum absolute atomic E-state index is 0.0815. The fourth-order valence-corrected chi connectivity index (χ4v) is 4.04. The fourth-order valence-electron chi connectivity index (χ4n) is 4.04. The second-order valence-electron chi connectivity index (χ2n) is 6.54. The lowest BCUT2D eigenvalue weighted by Gasteiger charge is -2.36. The Kier molecular flexibility index (Phi) is 2.87. The van der Waals surface area contributed by atoms with E-state index in [2.05, 4.69) is 27.7 Å². The Morgan fingerprint density at radius 3 is 2.27 bits per heavy atom. The Morgan fingerprint density at radius 1 is 1.13 bits per heavy atom. The van der Waals surface area contributed by atoms with Crippen molar-refractivity contribution in [2.75, 3.05) is 7.11 Å². The van der Waals surface area contributed by atoms with Crippen LogP contribution in [0.25, 0.3) is 0 Å². The van der Waals surface area contributed by atoms with Gasteiger partial charge in [-0.1, -0.05) is 13.8 Å². The van der Waals surface area contributed by atoms with Gasteiger partial charge in [-0.25, -0.2) is 0 Å². The third-order valence-corrected chi connectivity index (χ3v) is 5.34. The normalized spacial score (nSPS) is 45.0. The van der Waals surface area contributed by atoms with Crippen LogP contribution in [0.3, 0.4) is 0 Å². The van der Waals surface area contributed by atoms with Gasteiger partial charge in [0.25, 0.3) is 0 Å². The van der Waals surface area contributed by atoms with Gasteiger partial charge in [0.05, 0.1) is 5.60 Å². The van der Waals surface area contributed by atoms with E-state index in [1.165, 1.54) is 19.3 Å². The maximum Gasteiger partial charge on any atom is 0.0625 e. The van der Waals surface area contributed by atoms with E-state index in [1.807, 2.05) is 7.11 Å². The Balaban J connectivity index is 1.98. The molecule has 2 fully saturated rings. The first-order valence-corrected chi connectivity index (χ1v) is 6.50. The highest BCUT2D eigenvalue weighted by Crippen LogP contribution is 2.56. The summed E-state index contributed by atoms with van der Waals surface area (Å²) < 4.78 is 5.57. The summed E-state index contributed by atoms with van der Waals surface area (Å²) >= 11 is 0. The van der Waals surface area contributed by atoms with E-state index in [0.717, 1.165) is 29.6 Å². The quantitative estimate of drug-likeness (QED) is 0.689. The van der Waals surface area contributed by atoms with Gasteiger partial charge in [-0.2, -0.15) is 0 Å². The van der Waals surface area contributed by atoms with Gasteiger partial charge in [-0.3, -0.25) is 0 Å². The van der Waals surface area contributed by atoms with Gasteiger partial charge in [0.15, 0.2) is 0 Å². The molecule has 0 spiro atoms. The van der Waals surface area contributed by atoms with Crippen LogP contribution in [-0.2, 0) is 4.74 Å². The predicted octanol–water partition coefficient (Wildman–Crippen LogP) is 3.73. The van der Waals surface area contributed by atoms with Crippen molar-refractivity contribution in [1.82, 2.24) is 0 Å². The number of ether oxygens (including phenoxy) is 1. The summed E-state index contributed by atoms with van der Waals surface area (Å²) in [5.41, 5.74) is 0.0815. The van der Waals surface area contributed by atoms with Crippen molar-refractivity contribution >= 4 is 0 Å². The number of methoxy groups -OCH3 is 1. The third-order valence-electron chi connectivity index (χ3n) is 5.34. The molecule has 0 aromatic rings. The van der Waals surface area contributed by atoms with E-state index in [-0.39, 0.29) is 5.60 Å². The molecule has 0 radical (unpaired) electrons. The Morgan fingerprint density at radius 2 is 1.80 bits per heavy atom. The zero-order valence-electron chi connectivity index (χ0n) is 10.9. The molecule has 5 unspecified atom stereocenters. The van der Waals surface area contributed by atoms with Crippen molar-refractivity contribution in [1.29, 1.82) is 0 Å². The number of hydrogen-bond acceptors (Lipinski definition) is 1. The molecule has 2 aliphatic rings. The maximum atomic E-state index is 5.57. The van der Waals surface area contributed by atoms with Gasteiger partial charge < -0.3 is 4.74 Å². The van der Waals surface area contributed by atoms with Crippen molar-refractivity contribution < 1.29 is 4.74 Å². The summed E-state index contributed by atoms with van der Waals surface area (Å²) in [6.45, 7) is 9.37. The van der Waals surface area contributed by atoms with E-state index < -0.39 is 0 Å². The van der Waals surface area contributed by atoms with Crippen LogP contribution < -0.4 is 0 Å². The van der Waals surface area contributed by atoms with Gasteiger partial charge in [-0.15, -0.1) is 0 Å². The highest BCUT2D eigenvalue weighted by Gasteiger charge is 2.49. The summed E-state index contributed by atoms with van der Waals surface area (Å²) in [6, 6.07) is 0. The first-order valence-electron chi connectivity index (χ1n) is 6.50. The molecule has 0 aromatic heterocycles. The van der Waals surface area contributed by atoms with Crippen LogP contribution in [0.5, 0.6) is 0 Å². The first kappa shape index (κ1) is 11.4. The van der Waals surface area contributed by atoms with Gasteiger partial charge in [0.1, 0.15) is 0 Å². The molecule has 15 heavy (non-hydrogen) atoms. The monoisotopic (exact) mass is 210 g/mol. The van der Waals surface area contributed by atoms with Crippen LogP contribution >= 0.6 is 0 Å². The molecule has 2 aliphatic carbocycles. The van der Waals surface area contributed by atoms with E-state index in [9.17, 15) is 0 Å². The fraction of sp³-hybridized carbons (Fsp3) is 1.00. The second kappa shape index (κ2) is 3.76. The van der Waals surface area contributed by atoms with E-state index in [4.69, 9.17) is 4.74 Å². The summed E-state index contributed by atoms with van der Waals surface area (Å²) in [4.78, 5) is 0. The predicted molar refractivity (Wildman–Crippen MR) is 63.7 cm³/mol. The van der Waals surface area contributed by atoms with E-state index >= 15 is 0 Å². The molecular formula is C14H26O. The average Bonchev–Trinajstić information content (AvgIpc) is 2.68. The Hall–Kier alpha value is -0.0400. The summed E-state index contributed by atoms with van der Waals surface area (Å²) in [5.74, 6) is 4.84. The van der Waals surface area contributed by atoms with Crippen molar-refractivity contribution in [2.45, 2.75) is 52.6 Å². The van der Waals surface area contributed by atoms with Gasteiger partial charge in [0.2, 0.25) is 0 Å². The topological polar surface area (TPSA) is 9.23 Å². The largest absolute Gasteiger partial charge is 0.379 e. The second-order valence-corrected chi connectivity index (χ2v) is 6.54. The summed E-state index contributed by atoms with van der Waals surface area (Å²) in [7, 11) is 1.85. The molecule has 0 aliphatic heterocycles. The summed E-state index contributed by atoms with van der Waals surface area (Å²) in [6.07, 6.45) is 4.21. The molecule has 1 nitrogen and oxygen atoms in total. The lowest BCUT2D eigenvalue weighted by molar-refractivity contribution is -0.0111. The van der Waals surface area contributed by atoms with Crippen molar-refractivity contribution in [2.24, 2.45) is 29.6 Å². The highest BCUT2D eigenvalue weighted by molar-refractivity contribution is 4.98. The molecule has 2 rings (SSSR count). The van der Waals surface area contributed by atoms with Crippen LogP contribution in [0.2, 0.25) is 0 Å². The van der Waals surface area contributed by atoms with Gasteiger partial charge in [0, 0.05) is 7.11 Å². The van der Waals surface area contributed by atoms with Crippen LogP contribution in [0, 0.1) is 29.6 Å². The standard InChI is InChI=1S/C14H26O/c1-9-10(2)13-7-11(9)6-12(13)8-14(3,4)15-5/h9-13H,6-8H2,1-5H3. The summed E-state index contributed by atoms with van der Waals surface area (Å²) in [5, 5.41) is 0.